The summed E-state index contributed by atoms with van der Waals surface area (Å²) in [7, 11) is 1.21. The number of anilines is 1. The SMILES string of the molecule is Cn1ncc(NC(=O)N[C@H]2CCCC23CCCCC3)c1C(F)(F)F. The average Bonchev–Trinajstić information content (AvgIpc) is 3.04. The summed E-state index contributed by atoms with van der Waals surface area (Å²) >= 11 is 0. The molecule has 2 saturated carbocycles. The lowest BCUT2D eigenvalue weighted by molar-refractivity contribution is -0.143. The van der Waals surface area contributed by atoms with Crippen LogP contribution in [0.25, 0.3) is 0 Å². The Morgan fingerprint density at radius 1 is 1.25 bits per heavy atom. The van der Waals surface area contributed by atoms with E-state index in [9.17, 15) is 18.0 Å². The van der Waals surface area contributed by atoms with Crippen LogP contribution < -0.4 is 10.6 Å². The van der Waals surface area contributed by atoms with Crippen molar-refractivity contribution in [3.63, 3.8) is 0 Å². The van der Waals surface area contributed by atoms with Crippen molar-refractivity contribution in [3.05, 3.63) is 11.9 Å². The number of hydrogen-bond donors (Lipinski definition) is 2. The number of nitrogens with zero attached hydrogens (tertiary/aromatic N) is 2. The molecule has 0 unspecified atom stereocenters. The number of rotatable bonds is 2. The molecule has 0 radical (unpaired) electrons. The molecule has 3 rings (SSSR count). The van der Waals surface area contributed by atoms with E-state index in [4.69, 9.17) is 0 Å². The van der Waals surface area contributed by atoms with E-state index >= 15 is 0 Å². The minimum atomic E-state index is -4.56. The third-order valence-corrected chi connectivity index (χ3v) is 5.52. The van der Waals surface area contributed by atoms with Gasteiger partial charge in [0.2, 0.25) is 0 Å². The Balaban J connectivity index is 1.68. The predicted octanol–water partition coefficient (Wildman–Crippen LogP) is 4.06. The van der Waals surface area contributed by atoms with E-state index in [2.05, 4.69) is 15.7 Å². The molecule has 8 heteroatoms. The molecular formula is C16H23F3N4O. The van der Waals surface area contributed by atoms with Crippen LogP contribution in [-0.2, 0) is 13.2 Å². The molecule has 1 aromatic rings. The van der Waals surface area contributed by atoms with E-state index < -0.39 is 17.9 Å². The third kappa shape index (κ3) is 3.23. The first kappa shape index (κ1) is 17.1. The number of amides is 2. The summed E-state index contributed by atoms with van der Waals surface area (Å²) in [6, 6.07) is -0.533. The van der Waals surface area contributed by atoms with Gasteiger partial charge in [-0.3, -0.25) is 4.68 Å². The number of aromatic nitrogens is 2. The topological polar surface area (TPSA) is 59.0 Å². The first-order valence-corrected chi connectivity index (χ1v) is 8.49. The Bertz CT molecular complexity index is 605. The van der Waals surface area contributed by atoms with Crippen LogP contribution in [0.1, 0.15) is 57.1 Å². The van der Waals surface area contributed by atoms with Crippen molar-refractivity contribution < 1.29 is 18.0 Å². The highest BCUT2D eigenvalue weighted by atomic mass is 19.4. The van der Waals surface area contributed by atoms with Crippen LogP contribution >= 0.6 is 0 Å². The number of aryl methyl sites for hydroxylation is 1. The van der Waals surface area contributed by atoms with Crippen molar-refractivity contribution in [2.75, 3.05) is 5.32 Å². The van der Waals surface area contributed by atoms with Crippen molar-refractivity contribution in [1.29, 1.82) is 0 Å². The fourth-order valence-electron chi connectivity index (χ4n) is 4.40. The lowest BCUT2D eigenvalue weighted by atomic mass is 9.70. The zero-order valence-corrected chi connectivity index (χ0v) is 13.7. The minimum absolute atomic E-state index is 0.0452. The minimum Gasteiger partial charge on any atom is -0.335 e. The van der Waals surface area contributed by atoms with Gasteiger partial charge in [-0.2, -0.15) is 18.3 Å². The van der Waals surface area contributed by atoms with Crippen molar-refractivity contribution in [2.45, 2.75) is 63.6 Å². The van der Waals surface area contributed by atoms with Gasteiger partial charge in [0, 0.05) is 13.1 Å². The lowest BCUT2D eigenvalue weighted by Gasteiger charge is -2.39. The van der Waals surface area contributed by atoms with Gasteiger partial charge in [-0.25, -0.2) is 4.79 Å². The molecule has 0 aliphatic heterocycles. The summed E-state index contributed by atoms with van der Waals surface area (Å²) in [5.74, 6) is 0. The number of carbonyl (C=O) groups excluding carboxylic acids is 1. The molecule has 1 heterocycles. The predicted molar refractivity (Wildman–Crippen MR) is 83.5 cm³/mol. The number of hydrogen-bond acceptors (Lipinski definition) is 2. The molecular weight excluding hydrogens is 321 g/mol. The van der Waals surface area contributed by atoms with Crippen LogP contribution in [0.2, 0.25) is 0 Å². The fourth-order valence-corrected chi connectivity index (χ4v) is 4.40. The van der Waals surface area contributed by atoms with E-state index in [1.807, 2.05) is 0 Å². The molecule has 1 atom stereocenters. The Morgan fingerprint density at radius 3 is 2.58 bits per heavy atom. The molecule has 0 aromatic carbocycles. The van der Waals surface area contributed by atoms with Gasteiger partial charge in [0.05, 0.1) is 11.9 Å². The summed E-state index contributed by atoms with van der Waals surface area (Å²) in [5, 5.41) is 8.86. The number of urea groups is 1. The maximum atomic E-state index is 13.1. The van der Waals surface area contributed by atoms with E-state index in [-0.39, 0.29) is 17.1 Å². The van der Waals surface area contributed by atoms with Gasteiger partial charge >= 0.3 is 12.2 Å². The van der Waals surface area contributed by atoms with E-state index in [1.54, 1.807) is 0 Å². The van der Waals surface area contributed by atoms with Crippen molar-refractivity contribution >= 4 is 11.7 Å². The summed E-state index contributed by atoms with van der Waals surface area (Å²) in [6.07, 6.45) is 5.28. The molecule has 24 heavy (non-hydrogen) atoms. The maximum absolute atomic E-state index is 13.1. The zero-order valence-electron chi connectivity index (χ0n) is 13.7. The Kier molecular flexibility index (Phi) is 4.48. The van der Waals surface area contributed by atoms with Crippen LogP contribution in [0, 0.1) is 5.41 Å². The molecule has 0 saturated heterocycles. The first-order valence-electron chi connectivity index (χ1n) is 8.49. The number of alkyl halides is 3. The van der Waals surface area contributed by atoms with Crippen molar-refractivity contribution in [1.82, 2.24) is 15.1 Å². The largest absolute Gasteiger partial charge is 0.435 e. The van der Waals surface area contributed by atoms with Crippen molar-refractivity contribution in [3.8, 4) is 0 Å². The molecule has 0 bridgehead atoms. The lowest BCUT2D eigenvalue weighted by Crippen LogP contribution is -2.47. The highest BCUT2D eigenvalue weighted by Gasteiger charge is 2.44. The fraction of sp³-hybridized carbons (Fsp3) is 0.750. The van der Waals surface area contributed by atoms with Gasteiger partial charge in [-0.1, -0.05) is 25.7 Å². The third-order valence-electron chi connectivity index (χ3n) is 5.52. The molecule has 2 fully saturated rings. The monoisotopic (exact) mass is 344 g/mol. The van der Waals surface area contributed by atoms with Gasteiger partial charge in [0.1, 0.15) is 0 Å². The van der Waals surface area contributed by atoms with Crippen LogP contribution in [0.4, 0.5) is 23.7 Å². The second kappa shape index (κ2) is 6.29. The van der Waals surface area contributed by atoms with Crippen LogP contribution in [0.15, 0.2) is 6.20 Å². The molecule has 134 valence electrons. The van der Waals surface area contributed by atoms with Crippen LogP contribution in [0.3, 0.4) is 0 Å². The normalized spacial score (nSPS) is 23.4. The van der Waals surface area contributed by atoms with Gasteiger partial charge < -0.3 is 10.6 Å². The molecule has 1 spiro atoms. The highest BCUT2D eigenvalue weighted by Crippen LogP contribution is 2.49. The molecule has 1 aromatic heterocycles. The summed E-state index contributed by atoms with van der Waals surface area (Å²) in [4.78, 5) is 12.3. The van der Waals surface area contributed by atoms with Crippen LogP contribution in [-0.4, -0.2) is 21.9 Å². The van der Waals surface area contributed by atoms with E-state index in [1.165, 1.54) is 26.3 Å². The molecule has 2 aliphatic rings. The van der Waals surface area contributed by atoms with Crippen LogP contribution in [0.5, 0.6) is 0 Å². The molecule has 5 nitrogen and oxygen atoms in total. The van der Waals surface area contributed by atoms with E-state index in [0.717, 1.165) is 43.0 Å². The summed E-state index contributed by atoms with van der Waals surface area (Å²) in [6.45, 7) is 0. The number of carbonyl (C=O) groups is 1. The number of nitrogens with one attached hydrogen (secondary N) is 2. The zero-order chi connectivity index (χ0) is 17.4. The molecule has 2 amide bonds. The van der Waals surface area contributed by atoms with Gasteiger partial charge in [0.25, 0.3) is 0 Å². The van der Waals surface area contributed by atoms with Gasteiger partial charge in [-0.15, -0.1) is 0 Å². The summed E-state index contributed by atoms with van der Waals surface area (Å²) in [5.41, 5.74) is -1.12. The highest BCUT2D eigenvalue weighted by molar-refractivity contribution is 5.90. The first-order chi connectivity index (χ1) is 11.3. The van der Waals surface area contributed by atoms with E-state index in [0.29, 0.717) is 0 Å². The average molecular weight is 344 g/mol. The smallest absolute Gasteiger partial charge is 0.335 e. The quantitative estimate of drug-likeness (QED) is 0.850. The second-order valence-corrected chi connectivity index (χ2v) is 6.99. The summed E-state index contributed by atoms with van der Waals surface area (Å²) < 4.78 is 39.9. The second-order valence-electron chi connectivity index (χ2n) is 6.99. The standard InChI is InChI=1S/C16H23F3N4O/c1-23-13(16(17,18)19)11(10-20-23)21-14(24)22-12-6-5-9-15(12)7-3-2-4-8-15/h10,12H,2-9H2,1H3,(H2,21,22,24)/t12-/m0/s1. The maximum Gasteiger partial charge on any atom is 0.435 e. The Morgan fingerprint density at radius 2 is 1.92 bits per heavy atom. The molecule has 2 aliphatic carbocycles. The molecule has 2 N–H and O–H groups in total. The number of halogens is 3. The van der Waals surface area contributed by atoms with Crippen molar-refractivity contribution in [2.24, 2.45) is 12.5 Å². The Labute approximate surface area is 139 Å². The van der Waals surface area contributed by atoms with Gasteiger partial charge in [0.15, 0.2) is 5.69 Å². The van der Waals surface area contributed by atoms with Gasteiger partial charge in [-0.05, 0) is 31.1 Å². The Hall–Kier alpha value is -1.73.